The normalized spacial score (nSPS) is 11.6. The van der Waals surface area contributed by atoms with Gasteiger partial charge < -0.3 is 15.4 Å². The van der Waals surface area contributed by atoms with Gasteiger partial charge in [-0.05, 0) is 60.1 Å². The lowest BCUT2D eigenvalue weighted by atomic mass is 9.94. The number of carbonyl (C=O) groups is 2. The Bertz CT molecular complexity index is 988. The van der Waals surface area contributed by atoms with Crippen molar-refractivity contribution in [1.29, 1.82) is 0 Å². The van der Waals surface area contributed by atoms with Crippen LogP contribution in [-0.4, -0.2) is 25.1 Å². The van der Waals surface area contributed by atoms with Gasteiger partial charge in [-0.1, -0.05) is 66.7 Å². The molecular formula is C26H30N2O3. The van der Waals surface area contributed by atoms with E-state index in [4.69, 9.17) is 4.74 Å². The molecule has 0 spiro atoms. The first kappa shape index (κ1) is 22.3. The molecule has 3 aromatic carbocycles. The third-order valence-electron chi connectivity index (χ3n) is 5.34. The van der Waals surface area contributed by atoms with E-state index in [1.807, 2.05) is 37.3 Å². The van der Waals surface area contributed by atoms with Crippen LogP contribution in [0.2, 0.25) is 0 Å². The molecule has 0 saturated heterocycles. The molecule has 0 bridgehead atoms. The zero-order chi connectivity index (χ0) is 21.9. The molecule has 0 aliphatic carbocycles. The summed E-state index contributed by atoms with van der Waals surface area (Å²) in [4.78, 5) is 22.5. The highest BCUT2D eigenvalue weighted by Crippen LogP contribution is 2.25. The summed E-state index contributed by atoms with van der Waals surface area (Å²) in [6.45, 7) is 2.89. The van der Waals surface area contributed by atoms with Gasteiger partial charge in [0.2, 0.25) is 6.41 Å². The molecule has 0 unspecified atom stereocenters. The van der Waals surface area contributed by atoms with Gasteiger partial charge in [0, 0.05) is 12.6 Å². The van der Waals surface area contributed by atoms with E-state index in [1.165, 1.54) is 21.9 Å². The fraction of sp³-hybridized carbons (Fsp3) is 0.308. The number of rotatable bonds is 11. The van der Waals surface area contributed by atoms with E-state index in [0.717, 1.165) is 37.7 Å². The summed E-state index contributed by atoms with van der Waals surface area (Å²) in [6, 6.07) is 22.5. The van der Waals surface area contributed by atoms with Crippen LogP contribution in [0.1, 0.15) is 36.5 Å². The summed E-state index contributed by atoms with van der Waals surface area (Å²) >= 11 is 0. The number of hydrogen-bond acceptors (Lipinski definition) is 3. The number of carbonyl (C=O) groups excluding carboxylic acids is 2. The summed E-state index contributed by atoms with van der Waals surface area (Å²) in [5.41, 5.74) is 3.52. The van der Waals surface area contributed by atoms with Gasteiger partial charge in [0.25, 0.3) is 0 Å². The van der Waals surface area contributed by atoms with Gasteiger partial charge in [0.05, 0.1) is 0 Å². The maximum atomic E-state index is 11.8. The van der Waals surface area contributed by atoms with Crippen LogP contribution >= 0.6 is 0 Å². The molecule has 5 nitrogen and oxygen atoms in total. The lowest BCUT2D eigenvalue weighted by Gasteiger charge is -2.15. The van der Waals surface area contributed by atoms with Crippen LogP contribution in [0.5, 0.6) is 0 Å². The number of alkyl carbamates (subject to hydrolysis) is 1. The summed E-state index contributed by atoms with van der Waals surface area (Å²) < 4.78 is 5.24. The molecule has 3 aromatic rings. The number of benzene rings is 3. The number of aryl methyl sites for hydroxylation is 1. The van der Waals surface area contributed by atoms with Gasteiger partial charge in [0.1, 0.15) is 6.61 Å². The van der Waals surface area contributed by atoms with E-state index >= 15 is 0 Å². The molecule has 0 aliphatic heterocycles. The molecule has 2 N–H and O–H groups in total. The predicted octanol–water partition coefficient (Wildman–Crippen LogP) is 4.77. The van der Waals surface area contributed by atoms with Crippen molar-refractivity contribution in [1.82, 2.24) is 10.6 Å². The highest BCUT2D eigenvalue weighted by atomic mass is 16.5. The number of unbranched alkanes of at least 4 members (excludes halogenated alkanes) is 1. The Balaban J connectivity index is 1.46. The fourth-order valence-corrected chi connectivity index (χ4v) is 3.73. The number of nitrogens with one attached hydrogen (secondary N) is 2. The predicted molar refractivity (Wildman–Crippen MR) is 124 cm³/mol. The second kappa shape index (κ2) is 11.7. The van der Waals surface area contributed by atoms with Crippen molar-refractivity contribution in [2.24, 2.45) is 0 Å². The lowest BCUT2D eigenvalue weighted by Crippen LogP contribution is -2.26. The van der Waals surface area contributed by atoms with E-state index in [2.05, 4.69) is 47.0 Å². The summed E-state index contributed by atoms with van der Waals surface area (Å²) in [7, 11) is 0. The Morgan fingerprint density at radius 3 is 2.35 bits per heavy atom. The first-order chi connectivity index (χ1) is 15.2. The molecule has 2 amide bonds. The Labute approximate surface area is 183 Å². The van der Waals surface area contributed by atoms with Crippen molar-refractivity contribution in [3.8, 4) is 0 Å². The standard InChI is InChI=1S/C26H30N2O3/c1-20(28-19-29)17-23-15-14-22(24-12-5-6-13-25(23)24)11-7-8-16-27-26(30)31-18-21-9-3-2-4-10-21/h2-6,9-10,12-15,19-20H,7-8,11,16-18H2,1H3,(H,27,30)(H,28,29)/t20-/m0/s1. The number of hydrogen-bond donors (Lipinski definition) is 2. The first-order valence-electron chi connectivity index (χ1n) is 10.8. The average Bonchev–Trinajstić information content (AvgIpc) is 2.79. The van der Waals surface area contributed by atoms with Crippen LogP contribution in [0.15, 0.2) is 66.7 Å². The van der Waals surface area contributed by atoms with E-state index < -0.39 is 0 Å². The fourth-order valence-electron chi connectivity index (χ4n) is 3.73. The van der Waals surface area contributed by atoms with Gasteiger partial charge in [-0.25, -0.2) is 4.79 Å². The maximum Gasteiger partial charge on any atom is 0.407 e. The second-order valence-corrected chi connectivity index (χ2v) is 7.76. The van der Waals surface area contributed by atoms with Crippen LogP contribution in [0.4, 0.5) is 4.79 Å². The Hall–Kier alpha value is -3.34. The molecule has 0 radical (unpaired) electrons. The van der Waals surface area contributed by atoms with Crippen LogP contribution in [0.3, 0.4) is 0 Å². The van der Waals surface area contributed by atoms with Crippen molar-refractivity contribution in [2.45, 2.75) is 45.3 Å². The van der Waals surface area contributed by atoms with Crippen molar-refractivity contribution >= 4 is 23.3 Å². The van der Waals surface area contributed by atoms with E-state index in [9.17, 15) is 9.59 Å². The van der Waals surface area contributed by atoms with Gasteiger partial charge in [0.15, 0.2) is 0 Å². The lowest BCUT2D eigenvalue weighted by molar-refractivity contribution is -0.110. The minimum atomic E-state index is -0.378. The zero-order valence-corrected chi connectivity index (χ0v) is 18.0. The molecule has 0 aromatic heterocycles. The smallest absolute Gasteiger partial charge is 0.407 e. The zero-order valence-electron chi connectivity index (χ0n) is 18.0. The maximum absolute atomic E-state index is 11.8. The topological polar surface area (TPSA) is 67.4 Å². The van der Waals surface area contributed by atoms with Crippen LogP contribution in [-0.2, 0) is 29.0 Å². The molecule has 1 atom stereocenters. The quantitative estimate of drug-likeness (QED) is 0.348. The van der Waals surface area contributed by atoms with Crippen LogP contribution in [0.25, 0.3) is 10.8 Å². The van der Waals surface area contributed by atoms with Gasteiger partial charge in [-0.2, -0.15) is 0 Å². The largest absolute Gasteiger partial charge is 0.445 e. The molecule has 0 aliphatic rings. The van der Waals surface area contributed by atoms with E-state index in [0.29, 0.717) is 6.54 Å². The number of fused-ring (bicyclic) bond motifs is 1. The molecule has 162 valence electrons. The van der Waals surface area contributed by atoms with Crippen molar-refractivity contribution in [3.63, 3.8) is 0 Å². The first-order valence-corrected chi connectivity index (χ1v) is 10.8. The van der Waals surface area contributed by atoms with Crippen molar-refractivity contribution in [2.75, 3.05) is 6.54 Å². The Morgan fingerprint density at radius 2 is 1.61 bits per heavy atom. The minimum absolute atomic E-state index is 0.0967. The number of ether oxygens (including phenoxy) is 1. The highest BCUT2D eigenvalue weighted by molar-refractivity contribution is 5.88. The average molecular weight is 419 g/mol. The summed E-state index contributed by atoms with van der Waals surface area (Å²) in [5, 5.41) is 8.14. The van der Waals surface area contributed by atoms with E-state index in [1.54, 1.807) is 0 Å². The Morgan fingerprint density at radius 1 is 0.935 bits per heavy atom. The van der Waals surface area contributed by atoms with Crippen LogP contribution in [0, 0.1) is 0 Å². The molecule has 0 saturated carbocycles. The van der Waals surface area contributed by atoms with Gasteiger partial charge in [-0.3, -0.25) is 4.79 Å². The molecule has 3 rings (SSSR count). The molecule has 0 fully saturated rings. The van der Waals surface area contributed by atoms with Crippen molar-refractivity contribution < 1.29 is 14.3 Å². The SMILES string of the molecule is C[C@@H](Cc1ccc(CCCCNC(=O)OCc2ccccc2)c2ccccc12)NC=O. The summed E-state index contributed by atoms with van der Waals surface area (Å²) in [6.07, 6.45) is 3.99. The van der Waals surface area contributed by atoms with Crippen LogP contribution < -0.4 is 10.6 Å². The molecular weight excluding hydrogens is 388 g/mol. The molecule has 31 heavy (non-hydrogen) atoms. The van der Waals surface area contributed by atoms with Gasteiger partial charge in [-0.15, -0.1) is 0 Å². The highest BCUT2D eigenvalue weighted by Gasteiger charge is 2.09. The van der Waals surface area contributed by atoms with Gasteiger partial charge >= 0.3 is 6.09 Å². The third-order valence-corrected chi connectivity index (χ3v) is 5.34. The molecule has 5 heteroatoms. The third kappa shape index (κ3) is 6.85. The number of amides is 2. The summed E-state index contributed by atoms with van der Waals surface area (Å²) in [5.74, 6) is 0. The molecule has 0 heterocycles. The minimum Gasteiger partial charge on any atom is -0.445 e. The van der Waals surface area contributed by atoms with E-state index in [-0.39, 0.29) is 18.7 Å². The Kier molecular flexibility index (Phi) is 8.47. The van der Waals surface area contributed by atoms with Crippen molar-refractivity contribution in [3.05, 3.63) is 83.4 Å². The second-order valence-electron chi connectivity index (χ2n) is 7.76. The monoisotopic (exact) mass is 418 g/mol.